The van der Waals surface area contributed by atoms with Gasteiger partial charge in [0.25, 0.3) is 0 Å². The minimum absolute atomic E-state index is 0.488. The summed E-state index contributed by atoms with van der Waals surface area (Å²) < 4.78 is 0. The lowest BCUT2D eigenvalue weighted by Gasteiger charge is -2.17. The van der Waals surface area contributed by atoms with Gasteiger partial charge in [-0.05, 0) is 24.0 Å². The average Bonchev–Trinajstić information content (AvgIpc) is 2.50. The number of hydrogen-bond donors (Lipinski definition) is 1. The van der Waals surface area contributed by atoms with Crippen LogP contribution >= 0.6 is 0 Å². The van der Waals surface area contributed by atoms with Crippen LogP contribution in [0.15, 0.2) is 24.3 Å². The maximum atomic E-state index is 11.3. The van der Waals surface area contributed by atoms with Gasteiger partial charge in [0.2, 0.25) is 0 Å². The lowest BCUT2D eigenvalue weighted by Crippen LogP contribution is -2.38. The van der Waals surface area contributed by atoms with Crippen molar-refractivity contribution in [3.8, 4) is 0 Å². The third kappa shape index (κ3) is 2.05. The fraction of sp³-hybridized carbons (Fsp3) is 0.333. The molecule has 84 valence electrons. The van der Waals surface area contributed by atoms with Gasteiger partial charge in [-0.1, -0.05) is 24.3 Å². The molecule has 2 rings (SSSR count). The molecule has 1 heterocycles. The molecule has 1 aliphatic rings. The van der Waals surface area contributed by atoms with E-state index in [4.69, 9.17) is 5.11 Å². The van der Waals surface area contributed by atoms with Gasteiger partial charge in [0.05, 0.1) is 0 Å². The molecule has 0 aliphatic carbocycles. The number of hydrogen-bond acceptors (Lipinski definition) is 2. The van der Waals surface area contributed by atoms with Crippen LogP contribution < -0.4 is 0 Å². The van der Waals surface area contributed by atoms with Crippen LogP contribution in [0.3, 0.4) is 0 Å². The Morgan fingerprint density at radius 2 is 1.56 bits per heavy atom. The first kappa shape index (κ1) is 10.7. The predicted octanol–water partition coefficient (Wildman–Crippen LogP) is 0.698. The molecule has 0 fully saturated rings. The number of amides is 1. The number of carbonyl (C=O) groups excluding carboxylic acids is 1. The SMILES string of the molecule is O=C(O)C(=O)N1CCc2ccccc2CC1. The van der Waals surface area contributed by atoms with E-state index >= 15 is 0 Å². The Kier molecular flexibility index (Phi) is 2.90. The molecule has 0 saturated heterocycles. The highest BCUT2D eigenvalue weighted by atomic mass is 16.4. The van der Waals surface area contributed by atoms with Gasteiger partial charge in [0.15, 0.2) is 0 Å². The second kappa shape index (κ2) is 4.35. The Hall–Kier alpha value is -1.84. The van der Waals surface area contributed by atoms with Crippen molar-refractivity contribution in [2.75, 3.05) is 13.1 Å². The molecular weight excluding hydrogens is 206 g/mol. The van der Waals surface area contributed by atoms with Gasteiger partial charge < -0.3 is 10.0 Å². The van der Waals surface area contributed by atoms with Gasteiger partial charge in [0, 0.05) is 13.1 Å². The highest BCUT2D eigenvalue weighted by molar-refractivity contribution is 6.31. The van der Waals surface area contributed by atoms with Crippen LogP contribution in [0.2, 0.25) is 0 Å². The number of rotatable bonds is 0. The van der Waals surface area contributed by atoms with Crippen molar-refractivity contribution in [3.63, 3.8) is 0 Å². The van der Waals surface area contributed by atoms with Crippen LogP contribution in [-0.2, 0) is 22.4 Å². The normalized spacial score (nSPS) is 15.1. The van der Waals surface area contributed by atoms with E-state index in [2.05, 4.69) is 0 Å². The molecule has 0 spiro atoms. The highest BCUT2D eigenvalue weighted by Gasteiger charge is 2.22. The number of carboxylic acid groups (broad SMARTS) is 1. The van der Waals surface area contributed by atoms with E-state index < -0.39 is 11.9 Å². The van der Waals surface area contributed by atoms with Crippen molar-refractivity contribution >= 4 is 11.9 Å². The zero-order chi connectivity index (χ0) is 11.5. The summed E-state index contributed by atoms with van der Waals surface area (Å²) in [7, 11) is 0. The third-order valence-electron chi connectivity index (χ3n) is 2.89. The fourth-order valence-corrected chi connectivity index (χ4v) is 2.01. The van der Waals surface area contributed by atoms with Crippen LogP contribution in [0.4, 0.5) is 0 Å². The summed E-state index contributed by atoms with van der Waals surface area (Å²) in [4.78, 5) is 23.3. The van der Waals surface area contributed by atoms with Crippen molar-refractivity contribution in [2.24, 2.45) is 0 Å². The minimum Gasteiger partial charge on any atom is -0.474 e. The molecule has 0 atom stereocenters. The number of benzene rings is 1. The molecule has 1 amide bonds. The monoisotopic (exact) mass is 219 g/mol. The third-order valence-corrected chi connectivity index (χ3v) is 2.89. The van der Waals surface area contributed by atoms with Gasteiger partial charge in [-0.2, -0.15) is 0 Å². The first-order valence-corrected chi connectivity index (χ1v) is 5.27. The van der Waals surface area contributed by atoms with E-state index in [1.165, 1.54) is 16.0 Å². The van der Waals surface area contributed by atoms with Crippen molar-refractivity contribution in [3.05, 3.63) is 35.4 Å². The second-order valence-corrected chi connectivity index (χ2v) is 3.87. The molecule has 1 aromatic rings. The summed E-state index contributed by atoms with van der Waals surface area (Å²) >= 11 is 0. The Morgan fingerprint density at radius 3 is 2.00 bits per heavy atom. The van der Waals surface area contributed by atoms with Crippen LogP contribution in [0, 0.1) is 0 Å². The molecule has 4 nitrogen and oxygen atoms in total. The highest BCUT2D eigenvalue weighted by Crippen LogP contribution is 2.15. The summed E-state index contributed by atoms with van der Waals surface area (Å²) in [6, 6.07) is 8.00. The van der Waals surface area contributed by atoms with Gasteiger partial charge in [-0.15, -0.1) is 0 Å². The van der Waals surface area contributed by atoms with Crippen LogP contribution in [0.1, 0.15) is 11.1 Å². The van der Waals surface area contributed by atoms with Crippen LogP contribution in [-0.4, -0.2) is 35.0 Å². The van der Waals surface area contributed by atoms with E-state index in [9.17, 15) is 9.59 Å². The number of carbonyl (C=O) groups is 2. The van der Waals surface area contributed by atoms with E-state index in [0.29, 0.717) is 13.1 Å². The summed E-state index contributed by atoms with van der Waals surface area (Å²) in [5.41, 5.74) is 2.42. The van der Waals surface area contributed by atoms with Crippen molar-refractivity contribution in [1.82, 2.24) is 4.90 Å². The topological polar surface area (TPSA) is 57.6 Å². The molecular formula is C12H13NO3. The molecule has 0 saturated carbocycles. The minimum atomic E-state index is -1.37. The lowest BCUT2D eigenvalue weighted by atomic mass is 10.0. The maximum absolute atomic E-state index is 11.3. The van der Waals surface area contributed by atoms with Gasteiger partial charge in [-0.25, -0.2) is 4.79 Å². The Bertz CT molecular complexity index is 401. The zero-order valence-corrected chi connectivity index (χ0v) is 8.85. The summed E-state index contributed by atoms with van der Waals surface area (Å²) in [5, 5.41) is 8.65. The Morgan fingerprint density at radius 1 is 1.06 bits per heavy atom. The maximum Gasteiger partial charge on any atom is 0.394 e. The molecule has 1 N–H and O–H groups in total. The van der Waals surface area contributed by atoms with E-state index in [-0.39, 0.29) is 0 Å². The first-order chi connectivity index (χ1) is 7.68. The van der Waals surface area contributed by atoms with Crippen LogP contribution in [0.25, 0.3) is 0 Å². The van der Waals surface area contributed by atoms with E-state index in [1.807, 2.05) is 24.3 Å². The van der Waals surface area contributed by atoms with Crippen molar-refractivity contribution < 1.29 is 14.7 Å². The number of nitrogens with zero attached hydrogens (tertiary/aromatic N) is 1. The van der Waals surface area contributed by atoms with Crippen molar-refractivity contribution in [2.45, 2.75) is 12.8 Å². The standard InChI is InChI=1S/C12H13NO3/c14-11(12(15)16)13-7-5-9-3-1-2-4-10(9)6-8-13/h1-4H,5-8H2,(H,15,16). The Labute approximate surface area is 93.5 Å². The smallest absolute Gasteiger partial charge is 0.394 e. The number of fused-ring (bicyclic) bond motifs is 1. The van der Waals surface area contributed by atoms with E-state index in [0.717, 1.165) is 12.8 Å². The molecule has 16 heavy (non-hydrogen) atoms. The molecule has 4 heteroatoms. The molecule has 0 bridgehead atoms. The molecule has 0 radical (unpaired) electrons. The van der Waals surface area contributed by atoms with Gasteiger partial charge in [0.1, 0.15) is 0 Å². The fourth-order valence-electron chi connectivity index (χ4n) is 2.01. The van der Waals surface area contributed by atoms with Crippen molar-refractivity contribution in [1.29, 1.82) is 0 Å². The van der Waals surface area contributed by atoms with Crippen LogP contribution in [0.5, 0.6) is 0 Å². The number of aliphatic carboxylic acids is 1. The summed E-state index contributed by atoms with van der Waals surface area (Å²) in [6.45, 7) is 0.976. The molecule has 1 aliphatic heterocycles. The molecule has 0 aromatic heterocycles. The zero-order valence-electron chi connectivity index (χ0n) is 8.85. The summed E-state index contributed by atoms with van der Waals surface area (Å²) in [5.74, 6) is -2.17. The largest absolute Gasteiger partial charge is 0.474 e. The first-order valence-electron chi connectivity index (χ1n) is 5.27. The Balaban J connectivity index is 2.13. The van der Waals surface area contributed by atoms with Gasteiger partial charge in [-0.3, -0.25) is 4.79 Å². The lowest BCUT2D eigenvalue weighted by molar-refractivity contribution is -0.155. The number of carboxylic acids is 1. The quantitative estimate of drug-likeness (QED) is 0.653. The predicted molar refractivity (Wildman–Crippen MR) is 58.1 cm³/mol. The molecule has 1 aromatic carbocycles. The van der Waals surface area contributed by atoms with E-state index in [1.54, 1.807) is 0 Å². The van der Waals surface area contributed by atoms with Gasteiger partial charge >= 0.3 is 11.9 Å². The second-order valence-electron chi connectivity index (χ2n) is 3.87. The molecule has 0 unspecified atom stereocenters. The average molecular weight is 219 g/mol. The summed E-state index contributed by atoms with van der Waals surface area (Å²) in [6.07, 6.45) is 1.46.